The maximum atomic E-state index is 11.4. The van der Waals surface area contributed by atoms with E-state index in [2.05, 4.69) is 14.6 Å². The highest BCUT2D eigenvalue weighted by Gasteiger charge is 2.34. The van der Waals surface area contributed by atoms with E-state index in [1.807, 2.05) is 0 Å². The molecule has 0 N–H and O–H groups in total. The van der Waals surface area contributed by atoms with Crippen LogP contribution in [0.3, 0.4) is 0 Å². The number of fused-ring (bicyclic) bond motifs is 1. The van der Waals surface area contributed by atoms with Crippen molar-refractivity contribution in [3.63, 3.8) is 0 Å². The van der Waals surface area contributed by atoms with Crippen LogP contribution in [0.1, 0.15) is 34.4 Å². The fraction of sp³-hybridized carbons (Fsp3) is 0.667. The quantitative estimate of drug-likeness (QED) is 0.760. The minimum atomic E-state index is -0.382. The molecule has 0 saturated carbocycles. The Morgan fingerprint density at radius 1 is 1.67 bits per heavy atom. The molecule has 3 heterocycles. The number of rotatable bonds is 2. The van der Waals surface area contributed by atoms with Crippen LogP contribution in [-0.4, -0.2) is 48.7 Å². The number of hydrogen-bond donors (Lipinski definition) is 0. The summed E-state index contributed by atoms with van der Waals surface area (Å²) in [5, 5.41) is 2.61. The molecular formula is C12H16N2O3S. The van der Waals surface area contributed by atoms with Crippen molar-refractivity contribution in [3.05, 3.63) is 16.1 Å². The number of methoxy groups -OCH3 is 1. The molecule has 2 unspecified atom stereocenters. The van der Waals surface area contributed by atoms with Crippen molar-refractivity contribution in [1.82, 2.24) is 9.88 Å². The van der Waals surface area contributed by atoms with Gasteiger partial charge in [0.15, 0.2) is 5.69 Å². The summed E-state index contributed by atoms with van der Waals surface area (Å²) in [6.07, 6.45) is 2.49. The van der Waals surface area contributed by atoms with Crippen molar-refractivity contribution in [2.24, 2.45) is 0 Å². The van der Waals surface area contributed by atoms with Crippen LogP contribution in [0.2, 0.25) is 0 Å². The van der Waals surface area contributed by atoms with Gasteiger partial charge < -0.3 is 9.47 Å². The maximum absolute atomic E-state index is 11.4. The average molecular weight is 268 g/mol. The Balaban J connectivity index is 1.71. The SMILES string of the molecule is COC(=O)c1csc(C2CN3CCCC3CO2)n1. The van der Waals surface area contributed by atoms with Gasteiger partial charge in [-0.2, -0.15) is 0 Å². The molecule has 1 aromatic heterocycles. The molecule has 2 atom stereocenters. The van der Waals surface area contributed by atoms with Crippen molar-refractivity contribution in [2.75, 3.05) is 26.8 Å². The molecule has 0 radical (unpaired) electrons. The molecule has 0 aromatic carbocycles. The third-order valence-corrected chi connectivity index (χ3v) is 4.52. The monoisotopic (exact) mass is 268 g/mol. The van der Waals surface area contributed by atoms with Gasteiger partial charge in [-0.25, -0.2) is 9.78 Å². The fourth-order valence-electron chi connectivity index (χ4n) is 2.60. The molecule has 0 bridgehead atoms. The van der Waals surface area contributed by atoms with Crippen molar-refractivity contribution in [1.29, 1.82) is 0 Å². The Morgan fingerprint density at radius 3 is 3.39 bits per heavy atom. The van der Waals surface area contributed by atoms with E-state index < -0.39 is 0 Å². The summed E-state index contributed by atoms with van der Waals surface area (Å²) < 4.78 is 10.5. The molecule has 2 saturated heterocycles. The summed E-state index contributed by atoms with van der Waals surface area (Å²) in [5.74, 6) is -0.382. The highest BCUT2D eigenvalue weighted by molar-refractivity contribution is 7.09. The van der Waals surface area contributed by atoms with Gasteiger partial charge in [0.25, 0.3) is 0 Å². The molecule has 6 heteroatoms. The summed E-state index contributed by atoms with van der Waals surface area (Å²) >= 11 is 1.47. The minimum absolute atomic E-state index is 0.00255. The molecule has 2 aliphatic rings. The highest BCUT2D eigenvalue weighted by atomic mass is 32.1. The Bertz CT molecular complexity index is 448. The second kappa shape index (κ2) is 4.95. The lowest BCUT2D eigenvalue weighted by molar-refractivity contribution is -0.0502. The molecule has 2 aliphatic heterocycles. The number of nitrogens with zero attached hydrogens (tertiary/aromatic N) is 2. The van der Waals surface area contributed by atoms with Crippen LogP contribution in [-0.2, 0) is 9.47 Å². The number of aromatic nitrogens is 1. The van der Waals surface area contributed by atoms with Crippen LogP contribution in [0.4, 0.5) is 0 Å². The number of morpholine rings is 1. The minimum Gasteiger partial charge on any atom is -0.464 e. The standard InChI is InChI=1S/C12H16N2O3S/c1-16-12(15)9-7-18-11(13-9)10-5-14-4-2-3-8(14)6-17-10/h7-8,10H,2-6H2,1H3. The number of hydrogen-bond acceptors (Lipinski definition) is 6. The molecule has 2 fully saturated rings. The van der Waals surface area contributed by atoms with E-state index in [0.29, 0.717) is 11.7 Å². The van der Waals surface area contributed by atoms with Crippen LogP contribution < -0.4 is 0 Å². The first-order valence-corrected chi connectivity index (χ1v) is 7.05. The Morgan fingerprint density at radius 2 is 2.56 bits per heavy atom. The fourth-order valence-corrected chi connectivity index (χ4v) is 3.43. The zero-order valence-electron chi connectivity index (χ0n) is 10.3. The maximum Gasteiger partial charge on any atom is 0.357 e. The van der Waals surface area contributed by atoms with E-state index in [1.165, 1.54) is 31.3 Å². The lowest BCUT2D eigenvalue weighted by Gasteiger charge is -2.34. The zero-order valence-corrected chi connectivity index (χ0v) is 11.1. The molecule has 3 rings (SSSR count). The molecule has 98 valence electrons. The summed E-state index contributed by atoms with van der Waals surface area (Å²) in [7, 11) is 1.37. The van der Waals surface area contributed by atoms with Crippen molar-refractivity contribution >= 4 is 17.3 Å². The second-order valence-electron chi connectivity index (χ2n) is 4.68. The van der Waals surface area contributed by atoms with Crippen LogP contribution in [0.15, 0.2) is 5.38 Å². The van der Waals surface area contributed by atoms with Crippen LogP contribution >= 0.6 is 11.3 Å². The highest BCUT2D eigenvalue weighted by Crippen LogP contribution is 2.31. The number of esters is 1. The van der Waals surface area contributed by atoms with Crippen LogP contribution in [0, 0.1) is 0 Å². The predicted octanol–water partition coefficient (Wildman–Crippen LogP) is 1.47. The molecule has 0 spiro atoms. The molecule has 0 amide bonds. The summed E-state index contributed by atoms with van der Waals surface area (Å²) in [4.78, 5) is 18.1. The summed E-state index contributed by atoms with van der Waals surface area (Å²) in [6, 6.07) is 0.585. The zero-order chi connectivity index (χ0) is 12.5. The van der Waals surface area contributed by atoms with Crippen LogP contribution in [0.25, 0.3) is 0 Å². The van der Waals surface area contributed by atoms with E-state index >= 15 is 0 Å². The normalized spacial score (nSPS) is 28.1. The first kappa shape index (κ1) is 12.1. The number of carbonyl (C=O) groups excluding carboxylic acids is 1. The van der Waals surface area contributed by atoms with Gasteiger partial charge in [-0.05, 0) is 19.4 Å². The summed E-state index contributed by atoms with van der Waals surface area (Å²) in [5.41, 5.74) is 0.379. The van der Waals surface area contributed by atoms with Gasteiger partial charge in [-0.15, -0.1) is 11.3 Å². The smallest absolute Gasteiger partial charge is 0.357 e. The predicted molar refractivity (Wildman–Crippen MR) is 66.7 cm³/mol. The Labute approximate surface area is 110 Å². The number of ether oxygens (including phenoxy) is 2. The largest absolute Gasteiger partial charge is 0.464 e. The van der Waals surface area contributed by atoms with Gasteiger partial charge in [-0.1, -0.05) is 0 Å². The van der Waals surface area contributed by atoms with E-state index in [0.717, 1.165) is 24.7 Å². The lowest BCUT2D eigenvalue weighted by atomic mass is 10.2. The van der Waals surface area contributed by atoms with Crippen molar-refractivity contribution < 1.29 is 14.3 Å². The Hall–Kier alpha value is -0.980. The molecular weight excluding hydrogens is 252 g/mol. The molecule has 5 nitrogen and oxygen atoms in total. The van der Waals surface area contributed by atoms with Gasteiger partial charge in [0, 0.05) is 18.0 Å². The Kier molecular flexibility index (Phi) is 3.32. The molecule has 0 aliphatic carbocycles. The first-order valence-electron chi connectivity index (χ1n) is 6.17. The van der Waals surface area contributed by atoms with Crippen molar-refractivity contribution in [2.45, 2.75) is 25.0 Å². The van der Waals surface area contributed by atoms with E-state index in [1.54, 1.807) is 5.38 Å². The third-order valence-electron chi connectivity index (χ3n) is 3.58. The topological polar surface area (TPSA) is 51.7 Å². The average Bonchev–Trinajstić information content (AvgIpc) is 3.05. The van der Waals surface area contributed by atoms with Gasteiger partial charge in [0.05, 0.1) is 13.7 Å². The lowest BCUT2D eigenvalue weighted by Crippen LogP contribution is -2.42. The van der Waals surface area contributed by atoms with Crippen LogP contribution in [0.5, 0.6) is 0 Å². The number of carbonyl (C=O) groups is 1. The first-order chi connectivity index (χ1) is 8.78. The van der Waals surface area contributed by atoms with Gasteiger partial charge >= 0.3 is 5.97 Å². The van der Waals surface area contributed by atoms with E-state index in [9.17, 15) is 4.79 Å². The molecule has 1 aromatic rings. The third kappa shape index (κ3) is 2.15. The van der Waals surface area contributed by atoms with E-state index in [4.69, 9.17) is 4.74 Å². The molecule has 18 heavy (non-hydrogen) atoms. The van der Waals surface area contributed by atoms with Gasteiger partial charge in [0.2, 0.25) is 0 Å². The second-order valence-corrected chi connectivity index (χ2v) is 5.57. The van der Waals surface area contributed by atoms with E-state index in [-0.39, 0.29) is 12.1 Å². The van der Waals surface area contributed by atoms with Gasteiger partial charge in [-0.3, -0.25) is 4.90 Å². The van der Waals surface area contributed by atoms with Crippen molar-refractivity contribution in [3.8, 4) is 0 Å². The van der Waals surface area contributed by atoms with Gasteiger partial charge in [0.1, 0.15) is 11.1 Å². The number of thiazole rings is 1. The summed E-state index contributed by atoms with van der Waals surface area (Å²) in [6.45, 7) is 2.82.